The molecule has 0 aliphatic carbocycles. The number of thiocarbonyl (C=S) groups is 1. The zero-order valence-electron chi connectivity index (χ0n) is 17.7. The number of rotatable bonds is 5. The number of anilines is 3. The molecular formula is C22H31N7S. The number of pyridine rings is 1. The van der Waals surface area contributed by atoms with Crippen LogP contribution >= 0.6 is 12.2 Å². The second-order valence-corrected chi connectivity index (χ2v) is 8.57. The third-order valence-electron chi connectivity index (χ3n) is 5.88. The van der Waals surface area contributed by atoms with Crippen LogP contribution < -0.4 is 20.4 Å². The zero-order chi connectivity index (χ0) is 20.8. The minimum atomic E-state index is 0.492. The van der Waals surface area contributed by atoms with Crippen molar-refractivity contribution in [2.24, 2.45) is 0 Å². The predicted octanol–water partition coefficient (Wildman–Crippen LogP) is 3.73. The summed E-state index contributed by atoms with van der Waals surface area (Å²) in [7, 11) is 0. The fraction of sp³-hybridized carbons (Fsp3) is 0.545. The Morgan fingerprint density at radius 3 is 2.67 bits per heavy atom. The van der Waals surface area contributed by atoms with Crippen LogP contribution in [0.25, 0.3) is 0 Å². The fourth-order valence-electron chi connectivity index (χ4n) is 4.18. The first-order valence-electron chi connectivity index (χ1n) is 11.0. The van der Waals surface area contributed by atoms with Crippen LogP contribution in [0.3, 0.4) is 0 Å². The van der Waals surface area contributed by atoms with Crippen molar-refractivity contribution in [3.8, 4) is 0 Å². The minimum absolute atomic E-state index is 0.492. The van der Waals surface area contributed by atoms with E-state index in [4.69, 9.17) is 22.2 Å². The summed E-state index contributed by atoms with van der Waals surface area (Å²) in [4.78, 5) is 18.6. The van der Waals surface area contributed by atoms with Gasteiger partial charge in [-0.05, 0) is 69.3 Å². The van der Waals surface area contributed by atoms with Crippen molar-refractivity contribution in [3.05, 3.63) is 36.2 Å². The van der Waals surface area contributed by atoms with Crippen molar-refractivity contribution < 1.29 is 0 Å². The molecule has 160 valence electrons. The first-order chi connectivity index (χ1) is 14.7. The standard InChI is InChI=1S/C22H31N7S/c1-17-8-3-6-13-29(17)20-14-19(28-11-4-2-5-12-28)25-21(26-20)27-22(30)24-16-18-9-7-10-23-15-18/h7,9-10,14-15,17H,2-6,8,11-13,16H2,1H3,(H2,24,25,26,27,30)/t17-/m0/s1. The van der Waals surface area contributed by atoms with E-state index in [-0.39, 0.29) is 0 Å². The first-order valence-corrected chi connectivity index (χ1v) is 11.4. The summed E-state index contributed by atoms with van der Waals surface area (Å²) in [6.07, 6.45) is 11.0. The van der Waals surface area contributed by atoms with Gasteiger partial charge in [-0.1, -0.05) is 6.07 Å². The predicted molar refractivity (Wildman–Crippen MR) is 126 cm³/mol. The third kappa shape index (κ3) is 5.36. The maximum absolute atomic E-state index is 5.51. The summed E-state index contributed by atoms with van der Waals surface area (Å²) in [5.74, 6) is 2.56. The second-order valence-electron chi connectivity index (χ2n) is 8.16. The highest BCUT2D eigenvalue weighted by Crippen LogP contribution is 2.28. The number of nitrogens with one attached hydrogen (secondary N) is 2. The van der Waals surface area contributed by atoms with Gasteiger partial charge >= 0.3 is 0 Å². The maximum Gasteiger partial charge on any atom is 0.232 e. The van der Waals surface area contributed by atoms with Crippen molar-refractivity contribution in [1.29, 1.82) is 0 Å². The topological polar surface area (TPSA) is 69.2 Å². The Bertz CT molecular complexity index is 839. The lowest BCUT2D eigenvalue weighted by molar-refractivity contribution is 0.481. The Hall–Kier alpha value is -2.48. The van der Waals surface area contributed by atoms with Crippen LogP contribution in [0.4, 0.5) is 17.6 Å². The van der Waals surface area contributed by atoms with Crippen LogP contribution in [0.15, 0.2) is 30.6 Å². The Morgan fingerprint density at radius 2 is 1.90 bits per heavy atom. The highest BCUT2D eigenvalue weighted by Gasteiger charge is 2.23. The van der Waals surface area contributed by atoms with Gasteiger partial charge in [-0.2, -0.15) is 9.97 Å². The van der Waals surface area contributed by atoms with Gasteiger partial charge in [0.25, 0.3) is 0 Å². The molecule has 2 N–H and O–H groups in total. The molecule has 4 rings (SSSR count). The molecule has 4 heterocycles. The Labute approximate surface area is 184 Å². The Balaban J connectivity index is 1.51. The van der Waals surface area contributed by atoms with Crippen molar-refractivity contribution in [1.82, 2.24) is 20.3 Å². The molecule has 0 bridgehead atoms. The monoisotopic (exact) mass is 425 g/mol. The molecule has 2 aromatic heterocycles. The van der Waals surface area contributed by atoms with E-state index in [1.165, 1.54) is 38.5 Å². The summed E-state index contributed by atoms with van der Waals surface area (Å²) < 4.78 is 0. The van der Waals surface area contributed by atoms with Gasteiger partial charge in [0.1, 0.15) is 11.6 Å². The molecule has 0 saturated carbocycles. The van der Waals surface area contributed by atoms with Crippen LogP contribution in [0.2, 0.25) is 0 Å². The van der Waals surface area contributed by atoms with E-state index < -0.39 is 0 Å². The van der Waals surface area contributed by atoms with Crippen molar-refractivity contribution >= 4 is 34.9 Å². The van der Waals surface area contributed by atoms with Crippen molar-refractivity contribution in [2.75, 3.05) is 34.8 Å². The molecule has 7 nitrogen and oxygen atoms in total. The molecule has 8 heteroatoms. The molecule has 2 fully saturated rings. The molecule has 2 aliphatic heterocycles. The summed E-state index contributed by atoms with van der Waals surface area (Å²) in [5.41, 5.74) is 1.08. The van der Waals surface area contributed by atoms with Gasteiger partial charge in [0, 0.05) is 50.7 Å². The number of hydrogen-bond acceptors (Lipinski definition) is 6. The van der Waals surface area contributed by atoms with Crippen LogP contribution in [-0.4, -0.2) is 45.7 Å². The highest BCUT2D eigenvalue weighted by molar-refractivity contribution is 7.80. The molecule has 1 atom stereocenters. The van der Waals surface area contributed by atoms with E-state index in [1.807, 2.05) is 18.3 Å². The molecule has 0 spiro atoms. The zero-order valence-corrected chi connectivity index (χ0v) is 18.5. The largest absolute Gasteiger partial charge is 0.358 e. The number of piperidine rings is 2. The summed E-state index contributed by atoms with van der Waals surface area (Å²) in [6.45, 7) is 6.04. The number of nitrogens with zero attached hydrogens (tertiary/aromatic N) is 5. The van der Waals surface area contributed by atoms with Gasteiger partial charge < -0.3 is 20.4 Å². The Kier molecular flexibility index (Phi) is 6.94. The van der Waals surface area contributed by atoms with E-state index in [2.05, 4.69) is 38.4 Å². The smallest absolute Gasteiger partial charge is 0.232 e. The van der Waals surface area contributed by atoms with Gasteiger partial charge in [-0.25, -0.2) is 0 Å². The first kappa shape index (κ1) is 20.8. The average molecular weight is 426 g/mol. The molecule has 2 aliphatic rings. The van der Waals surface area contributed by atoms with Crippen LogP contribution in [-0.2, 0) is 6.54 Å². The van der Waals surface area contributed by atoms with E-state index in [0.717, 1.165) is 36.8 Å². The molecule has 2 saturated heterocycles. The summed E-state index contributed by atoms with van der Waals surface area (Å²) in [5, 5.41) is 6.96. The average Bonchev–Trinajstić information content (AvgIpc) is 2.79. The Morgan fingerprint density at radius 1 is 1.10 bits per heavy atom. The van der Waals surface area contributed by atoms with Crippen molar-refractivity contribution in [3.63, 3.8) is 0 Å². The van der Waals surface area contributed by atoms with E-state index >= 15 is 0 Å². The third-order valence-corrected chi connectivity index (χ3v) is 6.12. The lowest BCUT2D eigenvalue weighted by Crippen LogP contribution is -2.39. The SMILES string of the molecule is C[C@H]1CCCCN1c1cc(N2CCCCC2)nc(NC(=S)NCc2cccnc2)n1. The second kappa shape index (κ2) is 10.0. The van der Waals surface area contributed by atoms with Gasteiger partial charge in [0.2, 0.25) is 5.95 Å². The van der Waals surface area contributed by atoms with E-state index in [0.29, 0.717) is 23.6 Å². The molecule has 0 amide bonds. The van der Waals surface area contributed by atoms with Gasteiger partial charge in [-0.15, -0.1) is 0 Å². The van der Waals surface area contributed by atoms with Crippen molar-refractivity contribution in [2.45, 2.75) is 58.0 Å². The van der Waals surface area contributed by atoms with Crippen LogP contribution in [0.5, 0.6) is 0 Å². The molecule has 0 unspecified atom stereocenters. The van der Waals surface area contributed by atoms with Crippen LogP contribution in [0, 0.1) is 0 Å². The molecule has 0 radical (unpaired) electrons. The lowest BCUT2D eigenvalue weighted by atomic mass is 10.0. The number of hydrogen-bond donors (Lipinski definition) is 2. The molecule has 0 aromatic carbocycles. The maximum atomic E-state index is 5.51. The summed E-state index contributed by atoms with van der Waals surface area (Å²) >= 11 is 5.51. The molecular weight excluding hydrogens is 394 g/mol. The highest BCUT2D eigenvalue weighted by atomic mass is 32.1. The normalized spacial score (nSPS) is 19.4. The van der Waals surface area contributed by atoms with Crippen LogP contribution in [0.1, 0.15) is 51.0 Å². The van der Waals surface area contributed by atoms with Gasteiger partial charge in [0.05, 0.1) is 0 Å². The van der Waals surface area contributed by atoms with E-state index in [9.17, 15) is 0 Å². The fourth-order valence-corrected chi connectivity index (χ4v) is 4.34. The lowest BCUT2D eigenvalue weighted by Gasteiger charge is -2.35. The summed E-state index contributed by atoms with van der Waals surface area (Å²) in [6, 6.07) is 6.59. The molecule has 30 heavy (non-hydrogen) atoms. The minimum Gasteiger partial charge on any atom is -0.358 e. The van der Waals surface area contributed by atoms with E-state index in [1.54, 1.807) is 6.20 Å². The van der Waals surface area contributed by atoms with Gasteiger partial charge in [-0.3, -0.25) is 4.98 Å². The molecule has 2 aromatic rings. The van der Waals surface area contributed by atoms with Gasteiger partial charge in [0.15, 0.2) is 5.11 Å². The number of aromatic nitrogens is 3. The quantitative estimate of drug-likeness (QED) is 0.703.